The van der Waals surface area contributed by atoms with E-state index < -0.39 is 0 Å². The Morgan fingerprint density at radius 3 is 2.62 bits per heavy atom. The number of nitrogens with one attached hydrogen (secondary N) is 1. The van der Waals surface area contributed by atoms with E-state index in [9.17, 15) is 5.11 Å². The highest BCUT2D eigenvalue weighted by Gasteiger charge is 1.84. The predicted molar refractivity (Wildman–Crippen MR) is 35.5 cm³/mol. The second kappa shape index (κ2) is 5.37. The van der Waals surface area contributed by atoms with Crippen molar-refractivity contribution in [1.82, 2.24) is 5.48 Å². The van der Waals surface area contributed by atoms with E-state index in [1.54, 1.807) is 0 Å². The Morgan fingerprint density at radius 2 is 2.25 bits per heavy atom. The van der Waals surface area contributed by atoms with Gasteiger partial charge in [-0.15, -0.1) is 11.2 Å². The molecule has 1 N–H and O–H groups in total. The predicted octanol–water partition coefficient (Wildman–Crippen LogP) is 0.114. The largest absolute Gasteiger partial charge is 0.257 e. The molecule has 0 saturated carbocycles. The van der Waals surface area contributed by atoms with Gasteiger partial charge in [0.05, 0.1) is 6.61 Å². The first kappa shape index (κ1) is 8.23. The van der Waals surface area contributed by atoms with Crippen LogP contribution in [0.5, 0.6) is 0 Å². The van der Waals surface area contributed by atoms with E-state index in [-0.39, 0.29) is 17.8 Å². The van der Waals surface area contributed by atoms with E-state index in [1.165, 1.54) is 0 Å². The quantitative estimate of drug-likeness (QED) is 0.329. The lowest BCUT2D eigenvalue weighted by atomic mass is 10.8. The van der Waals surface area contributed by atoms with Crippen LogP contribution in [-0.2, 0) is 9.39 Å². The van der Waals surface area contributed by atoms with E-state index >= 15 is 0 Å². The minimum Gasteiger partial charge on any atom is -0.257 e. The minimum atomic E-state index is -0.362. The van der Waals surface area contributed by atoms with Crippen LogP contribution < -0.4 is 5.48 Å². The number of hydroxylamine groups is 1. The normalized spacial score (nSPS) is 11.6. The highest BCUT2D eigenvalue weighted by Crippen LogP contribution is 2.10. The van der Waals surface area contributed by atoms with Gasteiger partial charge in [-0.3, -0.25) is 4.28 Å². The van der Waals surface area contributed by atoms with Crippen molar-refractivity contribution in [2.75, 3.05) is 25.7 Å². The van der Waals surface area contributed by atoms with Crippen molar-refractivity contribution >= 4 is 11.2 Å². The van der Waals surface area contributed by atoms with Crippen LogP contribution in [0.4, 0.5) is 0 Å². The smallest absolute Gasteiger partial charge is 0.0970 e. The van der Waals surface area contributed by atoms with E-state index in [0.29, 0.717) is 6.54 Å². The Balaban J connectivity index is 2.72. The van der Waals surface area contributed by atoms with Gasteiger partial charge in [-0.2, -0.15) is 5.48 Å². The fourth-order valence-electron chi connectivity index (χ4n) is 0.216. The lowest BCUT2D eigenvalue weighted by Gasteiger charge is -2.08. The number of hydrogen-bond donors (Lipinski definition) is 2. The molecule has 8 heavy (non-hydrogen) atoms. The molecule has 0 aliphatic carbocycles. The van der Waals surface area contributed by atoms with Crippen LogP contribution in [0.15, 0.2) is 0 Å². The molecular weight excluding hydrogens is 126 g/mol. The molecule has 0 fully saturated rings. The molecule has 1 radical (unpaired) electrons. The average Bonchev–Trinajstić information content (AvgIpc) is 1.66. The molecule has 0 aromatic heterocycles. The summed E-state index contributed by atoms with van der Waals surface area (Å²) < 4.78 is 4.90. The summed E-state index contributed by atoms with van der Waals surface area (Å²) in [7, 11) is 0. The average molecular weight is 138 g/mol. The Hall–Kier alpha value is 0.230. The molecular formula is C4H12NO2S. The molecule has 0 aromatic carbocycles. The van der Waals surface area contributed by atoms with Gasteiger partial charge in [0, 0.05) is 6.54 Å². The summed E-state index contributed by atoms with van der Waals surface area (Å²) >= 11 is -0.362. The maximum absolute atomic E-state index is 9.78. The third-order valence-corrected chi connectivity index (χ3v) is 0.945. The highest BCUT2D eigenvalue weighted by atomic mass is 32.2. The van der Waals surface area contributed by atoms with E-state index in [2.05, 4.69) is 5.48 Å². The summed E-state index contributed by atoms with van der Waals surface area (Å²) in [6.45, 7) is 0.281. The maximum atomic E-state index is 9.78. The second-order valence-corrected chi connectivity index (χ2v) is 3.31. The molecule has 3 nitrogen and oxygen atoms in total. The van der Waals surface area contributed by atoms with Gasteiger partial charge in [-0.05, 0) is 12.5 Å². The zero-order chi connectivity index (χ0) is 6.41. The fourth-order valence-corrected chi connectivity index (χ4v) is 0.566. The number of thiol groups is 1. The number of hydrogen-bond acceptors (Lipinski definition) is 2. The first-order valence-electron chi connectivity index (χ1n) is 2.42. The van der Waals surface area contributed by atoms with Crippen molar-refractivity contribution in [1.29, 1.82) is 0 Å². The molecule has 0 saturated heterocycles. The van der Waals surface area contributed by atoms with Gasteiger partial charge >= 0.3 is 0 Å². The molecule has 0 bridgehead atoms. The van der Waals surface area contributed by atoms with E-state index in [1.807, 2.05) is 12.5 Å². The molecule has 0 rings (SSSR count). The third-order valence-electron chi connectivity index (χ3n) is 0.451. The molecule has 0 aliphatic rings. The Bertz CT molecular complexity index is 51.3. The van der Waals surface area contributed by atoms with Gasteiger partial charge in [0.2, 0.25) is 0 Å². The molecule has 4 heteroatoms. The van der Waals surface area contributed by atoms with E-state index in [0.717, 1.165) is 0 Å². The monoisotopic (exact) mass is 138 g/mol. The fraction of sp³-hybridized carbons (Fsp3) is 1.00. The molecule has 0 unspecified atom stereocenters. The Labute approximate surface area is 52.5 Å². The summed E-state index contributed by atoms with van der Waals surface area (Å²) in [6.07, 6.45) is 3.93. The molecule has 0 aliphatic heterocycles. The van der Waals surface area contributed by atoms with Crippen LogP contribution in [0, 0.1) is 0 Å². The summed E-state index contributed by atoms with van der Waals surface area (Å²) in [5.41, 5.74) is 2.55. The standard InChI is InChI=1S/C4H12NO2S/c1-8(2)7-5-3-4-6/h5,8H,3-4H2,1-2H3. The van der Waals surface area contributed by atoms with Crippen LogP contribution >= 0.6 is 11.2 Å². The number of rotatable bonds is 4. The molecule has 0 heterocycles. The van der Waals surface area contributed by atoms with Gasteiger partial charge in [-0.1, -0.05) is 0 Å². The summed E-state index contributed by atoms with van der Waals surface area (Å²) in [5, 5.41) is 9.78. The topological polar surface area (TPSA) is 41.2 Å². The lowest BCUT2D eigenvalue weighted by Crippen LogP contribution is -2.15. The SMILES string of the molecule is C[SH](C)ONCC[O]. The maximum Gasteiger partial charge on any atom is 0.0970 e. The molecule has 0 amide bonds. The van der Waals surface area contributed by atoms with Crippen LogP contribution in [0.1, 0.15) is 0 Å². The van der Waals surface area contributed by atoms with Crippen molar-refractivity contribution in [2.24, 2.45) is 0 Å². The first-order chi connectivity index (χ1) is 3.77. The van der Waals surface area contributed by atoms with Crippen molar-refractivity contribution in [3.8, 4) is 0 Å². The van der Waals surface area contributed by atoms with Crippen LogP contribution in [-0.4, -0.2) is 25.7 Å². The third kappa shape index (κ3) is 6.23. The Kier molecular flexibility index (Phi) is 5.52. The summed E-state index contributed by atoms with van der Waals surface area (Å²) in [4.78, 5) is 0. The molecule has 0 aromatic rings. The zero-order valence-electron chi connectivity index (χ0n) is 5.18. The Morgan fingerprint density at radius 1 is 1.62 bits per heavy atom. The molecule has 0 atom stereocenters. The molecule has 0 spiro atoms. The van der Waals surface area contributed by atoms with E-state index in [4.69, 9.17) is 4.28 Å². The van der Waals surface area contributed by atoms with Gasteiger partial charge < -0.3 is 0 Å². The van der Waals surface area contributed by atoms with Crippen molar-refractivity contribution in [2.45, 2.75) is 0 Å². The summed E-state index contributed by atoms with van der Waals surface area (Å²) in [6, 6.07) is 0. The van der Waals surface area contributed by atoms with Crippen molar-refractivity contribution < 1.29 is 9.39 Å². The minimum absolute atomic E-state index is 0.122. The van der Waals surface area contributed by atoms with Crippen LogP contribution in [0.25, 0.3) is 0 Å². The van der Waals surface area contributed by atoms with Crippen LogP contribution in [0.2, 0.25) is 0 Å². The zero-order valence-corrected chi connectivity index (χ0v) is 6.07. The lowest BCUT2D eigenvalue weighted by molar-refractivity contribution is 0.144. The highest BCUT2D eigenvalue weighted by molar-refractivity contribution is 8.11. The van der Waals surface area contributed by atoms with Crippen LogP contribution in [0.3, 0.4) is 0 Å². The summed E-state index contributed by atoms with van der Waals surface area (Å²) in [5.74, 6) is 0. The van der Waals surface area contributed by atoms with Gasteiger partial charge in [0.25, 0.3) is 0 Å². The van der Waals surface area contributed by atoms with Gasteiger partial charge in [0.15, 0.2) is 0 Å². The molecule has 51 valence electrons. The van der Waals surface area contributed by atoms with Crippen molar-refractivity contribution in [3.63, 3.8) is 0 Å². The first-order valence-corrected chi connectivity index (χ1v) is 4.58. The van der Waals surface area contributed by atoms with Gasteiger partial charge in [-0.25, -0.2) is 5.11 Å². The van der Waals surface area contributed by atoms with Gasteiger partial charge in [0.1, 0.15) is 0 Å². The van der Waals surface area contributed by atoms with Crippen molar-refractivity contribution in [3.05, 3.63) is 0 Å². The second-order valence-electron chi connectivity index (χ2n) is 1.50.